The molecule has 0 unspecified atom stereocenters. The Kier molecular flexibility index (Phi) is 6.16. The Hall–Kier alpha value is -2.77. The van der Waals surface area contributed by atoms with E-state index in [1.807, 2.05) is 43.0 Å². The lowest BCUT2D eigenvalue weighted by Gasteiger charge is -2.10. The predicted octanol–water partition coefficient (Wildman–Crippen LogP) is 2.30. The van der Waals surface area contributed by atoms with Gasteiger partial charge in [-0.25, -0.2) is 4.79 Å². The Balaban J connectivity index is 1.80. The summed E-state index contributed by atoms with van der Waals surface area (Å²) in [5, 5.41) is 15.1. The van der Waals surface area contributed by atoms with E-state index in [1.54, 1.807) is 6.20 Å². The average Bonchev–Trinajstić information content (AvgIpc) is 2.99. The van der Waals surface area contributed by atoms with Gasteiger partial charge in [-0.1, -0.05) is 18.2 Å². The van der Waals surface area contributed by atoms with Gasteiger partial charge < -0.3 is 14.7 Å². The number of likely N-dealkylation sites (N-methyl/N-ethyl adjacent to an activating group) is 1. The summed E-state index contributed by atoms with van der Waals surface area (Å²) in [7, 11) is 4.03. The van der Waals surface area contributed by atoms with Crippen molar-refractivity contribution in [2.45, 2.75) is 13.0 Å². The smallest absolute Gasteiger partial charge is 0.336 e. The quantitative estimate of drug-likeness (QED) is 0.584. The van der Waals surface area contributed by atoms with Crippen molar-refractivity contribution in [2.24, 2.45) is 0 Å². The molecule has 0 bridgehead atoms. The SMILES string of the molecule is CN(C)CCOCCn1nc(Cc2cnccc2C(=O)O)c2ccccc21. The number of nitrogens with zero attached hydrogens (tertiary/aromatic N) is 4. The van der Waals surface area contributed by atoms with E-state index in [9.17, 15) is 9.90 Å². The van der Waals surface area contributed by atoms with Crippen LogP contribution in [0, 0.1) is 0 Å². The van der Waals surface area contributed by atoms with Crippen molar-refractivity contribution in [1.29, 1.82) is 0 Å². The summed E-state index contributed by atoms with van der Waals surface area (Å²) in [6.07, 6.45) is 3.51. The number of hydrogen-bond donors (Lipinski definition) is 1. The van der Waals surface area contributed by atoms with Crippen molar-refractivity contribution in [3.05, 3.63) is 59.5 Å². The lowest BCUT2D eigenvalue weighted by atomic mass is 10.0. The fourth-order valence-corrected chi connectivity index (χ4v) is 2.95. The number of aromatic nitrogens is 3. The summed E-state index contributed by atoms with van der Waals surface area (Å²) in [6, 6.07) is 9.50. The van der Waals surface area contributed by atoms with Crippen molar-refractivity contribution in [3.63, 3.8) is 0 Å². The van der Waals surface area contributed by atoms with Crippen LogP contribution in [0.3, 0.4) is 0 Å². The van der Waals surface area contributed by atoms with Crippen molar-refractivity contribution < 1.29 is 14.6 Å². The van der Waals surface area contributed by atoms with E-state index in [2.05, 4.69) is 9.88 Å². The van der Waals surface area contributed by atoms with E-state index in [1.165, 1.54) is 12.3 Å². The molecule has 0 saturated heterocycles. The van der Waals surface area contributed by atoms with Crippen LogP contribution in [0.2, 0.25) is 0 Å². The number of aromatic carboxylic acids is 1. The molecule has 0 amide bonds. The molecule has 0 radical (unpaired) electrons. The molecular weight excluding hydrogens is 344 g/mol. The van der Waals surface area contributed by atoms with Gasteiger partial charge in [0.05, 0.1) is 36.5 Å². The van der Waals surface area contributed by atoms with Crippen LogP contribution in [0.4, 0.5) is 0 Å². The number of ether oxygens (including phenoxy) is 1. The molecule has 0 spiro atoms. The minimum absolute atomic E-state index is 0.260. The highest BCUT2D eigenvalue weighted by molar-refractivity contribution is 5.89. The van der Waals surface area contributed by atoms with Gasteiger partial charge in [0, 0.05) is 30.7 Å². The van der Waals surface area contributed by atoms with Crippen LogP contribution in [0.15, 0.2) is 42.7 Å². The number of fused-ring (bicyclic) bond motifs is 1. The normalized spacial score (nSPS) is 11.4. The van der Waals surface area contributed by atoms with E-state index in [0.29, 0.717) is 31.7 Å². The van der Waals surface area contributed by atoms with Gasteiger partial charge >= 0.3 is 5.97 Å². The number of para-hydroxylation sites is 1. The summed E-state index contributed by atoms with van der Waals surface area (Å²) in [6.45, 7) is 2.78. The van der Waals surface area contributed by atoms with E-state index in [-0.39, 0.29) is 5.56 Å². The fraction of sp³-hybridized carbons (Fsp3) is 0.350. The first kappa shape index (κ1) is 19.0. The molecule has 7 heteroatoms. The third-order valence-corrected chi connectivity index (χ3v) is 4.36. The van der Waals surface area contributed by atoms with Crippen LogP contribution in [-0.2, 0) is 17.7 Å². The molecule has 2 heterocycles. The first-order valence-electron chi connectivity index (χ1n) is 8.89. The monoisotopic (exact) mass is 368 g/mol. The van der Waals surface area contributed by atoms with E-state index < -0.39 is 5.97 Å². The number of rotatable bonds is 9. The molecular formula is C20H24N4O3. The van der Waals surface area contributed by atoms with Crippen LogP contribution in [0.25, 0.3) is 10.9 Å². The molecule has 142 valence electrons. The zero-order valence-electron chi connectivity index (χ0n) is 15.6. The molecule has 27 heavy (non-hydrogen) atoms. The topological polar surface area (TPSA) is 80.5 Å². The van der Waals surface area contributed by atoms with E-state index in [0.717, 1.165) is 23.1 Å². The van der Waals surface area contributed by atoms with Crippen molar-refractivity contribution in [1.82, 2.24) is 19.7 Å². The number of pyridine rings is 1. The summed E-state index contributed by atoms with van der Waals surface area (Å²) in [4.78, 5) is 17.6. The molecule has 0 saturated carbocycles. The van der Waals surface area contributed by atoms with Crippen molar-refractivity contribution >= 4 is 16.9 Å². The fourth-order valence-electron chi connectivity index (χ4n) is 2.95. The molecule has 3 aromatic rings. The first-order chi connectivity index (χ1) is 13.1. The Bertz CT molecular complexity index is 920. The summed E-state index contributed by atoms with van der Waals surface area (Å²) in [5.41, 5.74) is 2.78. The van der Waals surface area contributed by atoms with Gasteiger partial charge in [0.2, 0.25) is 0 Å². The summed E-state index contributed by atoms with van der Waals surface area (Å²) >= 11 is 0. The lowest BCUT2D eigenvalue weighted by Crippen LogP contribution is -2.19. The third kappa shape index (κ3) is 4.69. The highest BCUT2D eigenvalue weighted by Gasteiger charge is 2.15. The van der Waals surface area contributed by atoms with Gasteiger partial charge in [-0.2, -0.15) is 5.10 Å². The molecule has 0 aliphatic heterocycles. The van der Waals surface area contributed by atoms with Crippen molar-refractivity contribution in [2.75, 3.05) is 33.9 Å². The average molecular weight is 368 g/mol. The number of carboxylic acids is 1. The highest BCUT2D eigenvalue weighted by Crippen LogP contribution is 2.22. The first-order valence-corrected chi connectivity index (χ1v) is 8.89. The number of hydrogen-bond acceptors (Lipinski definition) is 5. The maximum Gasteiger partial charge on any atom is 0.336 e. The predicted molar refractivity (Wildman–Crippen MR) is 103 cm³/mol. The molecule has 0 fully saturated rings. The van der Waals surface area contributed by atoms with Gasteiger partial charge in [0.15, 0.2) is 0 Å². The van der Waals surface area contributed by atoms with Crippen LogP contribution in [0.1, 0.15) is 21.6 Å². The van der Waals surface area contributed by atoms with Gasteiger partial charge in [-0.3, -0.25) is 9.67 Å². The molecule has 0 atom stereocenters. The van der Waals surface area contributed by atoms with Crippen LogP contribution in [-0.4, -0.2) is 64.6 Å². The van der Waals surface area contributed by atoms with Gasteiger partial charge in [0.25, 0.3) is 0 Å². The minimum Gasteiger partial charge on any atom is -0.478 e. The minimum atomic E-state index is -0.953. The molecule has 2 aromatic heterocycles. The lowest BCUT2D eigenvalue weighted by molar-refractivity contribution is 0.0695. The summed E-state index contributed by atoms with van der Waals surface area (Å²) in [5.74, 6) is -0.953. The second-order valence-corrected chi connectivity index (χ2v) is 6.62. The number of benzene rings is 1. The molecule has 7 nitrogen and oxygen atoms in total. The zero-order chi connectivity index (χ0) is 19.2. The molecule has 0 aliphatic rings. The maximum atomic E-state index is 11.5. The van der Waals surface area contributed by atoms with Crippen LogP contribution < -0.4 is 0 Å². The molecule has 1 aromatic carbocycles. The molecule has 3 rings (SSSR count). The number of carboxylic acid groups (broad SMARTS) is 1. The maximum absolute atomic E-state index is 11.5. The van der Waals surface area contributed by atoms with Gasteiger partial charge in [0.1, 0.15) is 0 Å². The Morgan fingerprint density at radius 1 is 1.22 bits per heavy atom. The Morgan fingerprint density at radius 2 is 2.04 bits per heavy atom. The second-order valence-electron chi connectivity index (χ2n) is 6.62. The van der Waals surface area contributed by atoms with E-state index in [4.69, 9.17) is 9.84 Å². The standard InChI is InChI=1S/C20H24N4O3/c1-23(2)9-11-27-12-10-24-19-6-4-3-5-17(19)18(22-24)13-15-14-21-8-7-16(15)20(25)26/h3-8,14H,9-13H2,1-2H3,(H,25,26). The van der Waals surface area contributed by atoms with Crippen LogP contribution in [0.5, 0.6) is 0 Å². The summed E-state index contributed by atoms with van der Waals surface area (Å²) < 4.78 is 7.61. The Labute approximate surface area is 158 Å². The van der Waals surface area contributed by atoms with E-state index >= 15 is 0 Å². The Morgan fingerprint density at radius 3 is 2.81 bits per heavy atom. The molecule has 0 aliphatic carbocycles. The largest absolute Gasteiger partial charge is 0.478 e. The van der Waals surface area contributed by atoms with Crippen LogP contribution >= 0.6 is 0 Å². The molecule has 1 N–H and O–H groups in total. The number of carbonyl (C=O) groups is 1. The highest BCUT2D eigenvalue weighted by atomic mass is 16.5. The second kappa shape index (κ2) is 8.75. The van der Waals surface area contributed by atoms with Gasteiger partial charge in [-0.15, -0.1) is 0 Å². The zero-order valence-corrected chi connectivity index (χ0v) is 15.6. The van der Waals surface area contributed by atoms with Crippen molar-refractivity contribution in [3.8, 4) is 0 Å². The third-order valence-electron chi connectivity index (χ3n) is 4.36. The van der Waals surface area contributed by atoms with Gasteiger partial charge in [-0.05, 0) is 31.8 Å².